The van der Waals surface area contributed by atoms with E-state index in [0.29, 0.717) is 5.02 Å². The van der Waals surface area contributed by atoms with Crippen LogP contribution in [-0.4, -0.2) is 7.11 Å². The Bertz CT molecular complexity index is 237. The maximum atomic E-state index is 5.63. The highest BCUT2D eigenvalue weighted by Crippen LogP contribution is 2.26. The summed E-state index contributed by atoms with van der Waals surface area (Å²) in [5.41, 5.74) is 0. The number of methoxy groups -OCH3 is 1. The van der Waals surface area contributed by atoms with Crippen LogP contribution in [0.4, 0.5) is 0 Å². The summed E-state index contributed by atoms with van der Waals surface area (Å²) in [6.45, 7) is 0. The van der Waals surface area contributed by atoms with Crippen molar-refractivity contribution in [3.05, 3.63) is 27.7 Å². The Morgan fingerprint density at radius 3 is 2.90 bits per heavy atom. The van der Waals surface area contributed by atoms with Crippen molar-refractivity contribution in [1.82, 2.24) is 0 Å². The summed E-state index contributed by atoms with van der Waals surface area (Å²) in [4.78, 5) is 0. The van der Waals surface area contributed by atoms with Gasteiger partial charge in [0.25, 0.3) is 0 Å². The number of benzene rings is 1. The zero-order chi connectivity index (χ0) is 7.56. The lowest BCUT2D eigenvalue weighted by molar-refractivity contribution is 0.412. The van der Waals surface area contributed by atoms with Gasteiger partial charge in [0.05, 0.1) is 11.6 Å². The number of rotatable bonds is 1. The molecule has 0 unspecified atom stereocenters. The van der Waals surface area contributed by atoms with Gasteiger partial charge in [-0.1, -0.05) is 11.6 Å². The van der Waals surface area contributed by atoms with E-state index in [0.717, 1.165) is 10.2 Å². The lowest BCUT2D eigenvalue weighted by Crippen LogP contribution is -1.82. The van der Waals surface area contributed by atoms with Gasteiger partial charge in [0.2, 0.25) is 0 Å². The lowest BCUT2D eigenvalue weighted by Gasteiger charge is -2.00. The van der Waals surface area contributed by atoms with Crippen molar-refractivity contribution in [2.24, 2.45) is 0 Å². The van der Waals surface area contributed by atoms with Crippen LogP contribution < -0.4 is 4.74 Å². The van der Waals surface area contributed by atoms with Crippen molar-refractivity contribution in [2.45, 2.75) is 0 Å². The highest BCUT2D eigenvalue weighted by Gasteiger charge is 1.98. The third-order valence-electron chi connectivity index (χ3n) is 1.05. The van der Waals surface area contributed by atoms with Gasteiger partial charge in [-0.25, -0.2) is 0 Å². The van der Waals surface area contributed by atoms with Crippen molar-refractivity contribution in [2.75, 3.05) is 7.11 Å². The van der Waals surface area contributed by atoms with Crippen LogP contribution in [0, 0.1) is 6.07 Å². The second-order valence-corrected chi connectivity index (χ2v) is 2.96. The molecule has 0 atom stereocenters. The summed E-state index contributed by atoms with van der Waals surface area (Å²) in [5.74, 6) is 0.740. The first-order valence-corrected chi connectivity index (χ1v) is 3.82. The van der Waals surface area contributed by atoms with Crippen LogP contribution in [0.1, 0.15) is 0 Å². The fraction of sp³-hybridized carbons (Fsp3) is 0.143. The van der Waals surface area contributed by atoms with Crippen LogP contribution in [0.25, 0.3) is 0 Å². The van der Waals surface area contributed by atoms with Gasteiger partial charge in [0.15, 0.2) is 0 Å². The number of halogens is 2. The van der Waals surface area contributed by atoms with Gasteiger partial charge in [-0.05, 0) is 28.1 Å². The van der Waals surface area contributed by atoms with E-state index < -0.39 is 0 Å². The molecule has 1 radical (unpaired) electrons. The third-order valence-corrected chi connectivity index (χ3v) is 1.89. The maximum absolute atomic E-state index is 5.63. The molecule has 0 amide bonds. The fourth-order valence-corrected chi connectivity index (χ4v) is 1.38. The molecular formula is C7H5BrClO. The van der Waals surface area contributed by atoms with E-state index in [-0.39, 0.29) is 0 Å². The average Bonchev–Trinajstić information content (AvgIpc) is 1.88. The van der Waals surface area contributed by atoms with Crippen LogP contribution in [0.3, 0.4) is 0 Å². The van der Waals surface area contributed by atoms with Crippen LogP contribution >= 0.6 is 27.5 Å². The predicted octanol–water partition coefficient (Wildman–Crippen LogP) is 2.91. The Labute approximate surface area is 73.1 Å². The molecular weight excluding hydrogens is 215 g/mol. The van der Waals surface area contributed by atoms with Crippen molar-refractivity contribution < 1.29 is 4.74 Å². The molecule has 0 aliphatic carbocycles. The van der Waals surface area contributed by atoms with E-state index in [2.05, 4.69) is 22.0 Å². The van der Waals surface area contributed by atoms with Crippen molar-refractivity contribution >= 4 is 27.5 Å². The molecule has 0 fully saturated rings. The number of hydrogen-bond donors (Lipinski definition) is 0. The molecule has 0 N–H and O–H groups in total. The molecule has 0 bridgehead atoms. The van der Waals surface area contributed by atoms with Gasteiger partial charge in [0.1, 0.15) is 5.75 Å². The molecule has 0 saturated heterocycles. The van der Waals surface area contributed by atoms with Crippen molar-refractivity contribution in [1.29, 1.82) is 0 Å². The second-order valence-electron chi connectivity index (χ2n) is 1.70. The fourth-order valence-electron chi connectivity index (χ4n) is 0.584. The van der Waals surface area contributed by atoms with E-state index in [1.54, 1.807) is 19.2 Å². The predicted molar refractivity (Wildman–Crippen MR) is 44.5 cm³/mol. The van der Waals surface area contributed by atoms with E-state index in [9.17, 15) is 0 Å². The normalized spacial score (nSPS) is 9.50. The first kappa shape index (κ1) is 7.89. The van der Waals surface area contributed by atoms with Crippen LogP contribution in [0.15, 0.2) is 16.6 Å². The van der Waals surface area contributed by atoms with Crippen LogP contribution in [0.2, 0.25) is 5.02 Å². The molecule has 1 nitrogen and oxygen atoms in total. The SMILES string of the molecule is COc1c[c]c(Cl)cc1Br. The standard InChI is InChI=1S/C7H5BrClO/c1-10-7-3-2-5(9)4-6(7)8/h3-4H,1H3. The Morgan fingerprint density at radius 1 is 1.70 bits per heavy atom. The molecule has 0 aromatic heterocycles. The summed E-state index contributed by atoms with van der Waals surface area (Å²) in [7, 11) is 1.60. The lowest BCUT2D eigenvalue weighted by atomic mass is 10.3. The molecule has 0 spiro atoms. The Hall–Kier alpha value is -0.210. The quantitative estimate of drug-likeness (QED) is 0.707. The van der Waals surface area contributed by atoms with Crippen LogP contribution in [0.5, 0.6) is 5.75 Å². The first-order chi connectivity index (χ1) is 4.74. The Kier molecular flexibility index (Phi) is 2.57. The van der Waals surface area contributed by atoms with Gasteiger partial charge in [-0.3, -0.25) is 0 Å². The van der Waals surface area contributed by atoms with Gasteiger partial charge in [-0.2, -0.15) is 0 Å². The molecule has 0 aliphatic rings. The Balaban J connectivity index is 3.07. The molecule has 1 aromatic rings. The highest BCUT2D eigenvalue weighted by molar-refractivity contribution is 9.10. The van der Waals surface area contributed by atoms with E-state index >= 15 is 0 Å². The zero-order valence-electron chi connectivity index (χ0n) is 5.32. The third kappa shape index (κ3) is 1.64. The minimum Gasteiger partial charge on any atom is -0.496 e. The molecule has 53 valence electrons. The number of hydrogen-bond acceptors (Lipinski definition) is 1. The summed E-state index contributed by atoms with van der Waals surface area (Å²) in [5, 5.41) is 0.577. The Morgan fingerprint density at radius 2 is 2.40 bits per heavy atom. The molecule has 0 aliphatic heterocycles. The first-order valence-electron chi connectivity index (χ1n) is 2.65. The summed E-state index contributed by atoms with van der Waals surface area (Å²) in [6.07, 6.45) is 0. The van der Waals surface area contributed by atoms with Gasteiger partial charge in [0, 0.05) is 11.1 Å². The van der Waals surface area contributed by atoms with Gasteiger partial charge >= 0.3 is 0 Å². The topological polar surface area (TPSA) is 9.23 Å². The molecule has 0 heterocycles. The monoisotopic (exact) mass is 219 g/mol. The summed E-state index contributed by atoms with van der Waals surface area (Å²) in [6, 6.07) is 6.23. The minimum atomic E-state index is 0.577. The molecule has 0 saturated carbocycles. The molecule has 3 heteroatoms. The average molecular weight is 220 g/mol. The van der Waals surface area contributed by atoms with Crippen molar-refractivity contribution in [3.63, 3.8) is 0 Å². The van der Waals surface area contributed by atoms with E-state index in [4.69, 9.17) is 16.3 Å². The van der Waals surface area contributed by atoms with E-state index in [1.165, 1.54) is 0 Å². The number of ether oxygens (including phenoxy) is 1. The maximum Gasteiger partial charge on any atom is 0.133 e. The molecule has 1 aromatic carbocycles. The summed E-state index contributed by atoms with van der Waals surface area (Å²) >= 11 is 8.91. The molecule has 1 rings (SSSR count). The molecule has 10 heavy (non-hydrogen) atoms. The van der Waals surface area contributed by atoms with Crippen molar-refractivity contribution in [3.8, 4) is 5.75 Å². The smallest absolute Gasteiger partial charge is 0.133 e. The minimum absolute atomic E-state index is 0.577. The largest absolute Gasteiger partial charge is 0.496 e. The van der Waals surface area contributed by atoms with Gasteiger partial charge < -0.3 is 4.74 Å². The summed E-state index contributed by atoms with van der Waals surface area (Å²) < 4.78 is 5.81. The van der Waals surface area contributed by atoms with Gasteiger partial charge in [-0.15, -0.1) is 0 Å². The van der Waals surface area contributed by atoms with E-state index in [1.807, 2.05) is 0 Å². The second kappa shape index (κ2) is 3.26. The zero-order valence-corrected chi connectivity index (χ0v) is 7.66. The van der Waals surface area contributed by atoms with Crippen LogP contribution in [-0.2, 0) is 0 Å². The highest BCUT2D eigenvalue weighted by atomic mass is 79.9.